The van der Waals surface area contributed by atoms with Crippen molar-refractivity contribution in [3.63, 3.8) is 0 Å². The highest BCUT2D eigenvalue weighted by Gasteiger charge is 2.07. The van der Waals surface area contributed by atoms with Crippen LogP contribution in [0.2, 0.25) is 0 Å². The van der Waals surface area contributed by atoms with E-state index in [1.807, 2.05) is 6.20 Å². The lowest BCUT2D eigenvalue weighted by atomic mass is 10.1. The Hall–Kier alpha value is -1.57. The number of benzene rings is 1. The van der Waals surface area contributed by atoms with Crippen molar-refractivity contribution in [2.45, 2.75) is 0 Å². The Balaban J connectivity index is 2.47. The minimum Gasteiger partial charge on any atom is -0.397 e. The maximum Gasteiger partial charge on any atom is 0.248 e. The molecule has 0 fully saturated rings. The summed E-state index contributed by atoms with van der Waals surface area (Å²) in [5.41, 5.74) is 12.6. The molecule has 0 saturated heterocycles. The first-order chi connectivity index (χ1) is 7.58. The van der Waals surface area contributed by atoms with Crippen LogP contribution in [0.15, 0.2) is 30.6 Å². The molecule has 1 heterocycles. The van der Waals surface area contributed by atoms with Crippen LogP contribution in [-0.2, 0) is 0 Å². The van der Waals surface area contributed by atoms with Crippen LogP contribution in [0.25, 0.3) is 5.69 Å². The fourth-order valence-electron chi connectivity index (χ4n) is 1.35. The summed E-state index contributed by atoms with van der Waals surface area (Å²) in [6.07, 6.45) is 3.57. The highest BCUT2D eigenvalue weighted by molar-refractivity contribution is 14.1. The number of nitrogens with zero attached hydrogens (tertiary/aromatic N) is 2. The fraction of sp³-hybridized carbons (Fsp3) is 0. The number of carbonyl (C=O) groups excluding carboxylic acids is 1. The number of halogens is 1. The van der Waals surface area contributed by atoms with Crippen molar-refractivity contribution in [2.24, 2.45) is 5.73 Å². The zero-order valence-corrected chi connectivity index (χ0v) is 10.4. The summed E-state index contributed by atoms with van der Waals surface area (Å²) in [7, 11) is 0. The summed E-state index contributed by atoms with van der Waals surface area (Å²) in [6.45, 7) is 0. The van der Waals surface area contributed by atoms with Gasteiger partial charge in [-0.05, 0) is 40.8 Å². The number of hydrogen-bond donors (Lipinski definition) is 2. The molecule has 2 aromatic rings. The van der Waals surface area contributed by atoms with E-state index in [4.69, 9.17) is 11.5 Å². The van der Waals surface area contributed by atoms with E-state index in [0.29, 0.717) is 11.3 Å². The predicted octanol–water partition coefficient (Wildman–Crippen LogP) is 1.16. The van der Waals surface area contributed by atoms with E-state index in [2.05, 4.69) is 27.7 Å². The van der Waals surface area contributed by atoms with Crippen molar-refractivity contribution >= 4 is 34.2 Å². The number of anilines is 1. The van der Waals surface area contributed by atoms with Gasteiger partial charge in [0, 0.05) is 11.8 Å². The molecule has 0 spiro atoms. The minimum absolute atomic E-state index is 0.392. The average Bonchev–Trinajstić information content (AvgIpc) is 2.64. The van der Waals surface area contributed by atoms with Crippen molar-refractivity contribution in [1.82, 2.24) is 9.78 Å². The van der Waals surface area contributed by atoms with Crippen LogP contribution in [0.3, 0.4) is 0 Å². The SMILES string of the molecule is NC(=O)c1ccc(-n2cc(I)cn2)c(N)c1. The van der Waals surface area contributed by atoms with Crippen molar-refractivity contribution < 1.29 is 4.79 Å². The van der Waals surface area contributed by atoms with Crippen LogP contribution in [-0.4, -0.2) is 15.7 Å². The Bertz CT molecular complexity index is 550. The molecule has 16 heavy (non-hydrogen) atoms. The summed E-state index contributed by atoms with van der Waals surface area (Å²) >= 11 is 2.16. The summed E-state index contributed by atoms with van der Waals surface area (Å²) in [5.74, 6) is -0.492. The lowest BCUT2D eigenvalue weighted by molar-refractivity contribution is 0.100. The van der Waals surface area contributed by atoms with E-state index in [9.17, 15) is 4.79 Å². The Kier molecular flexibility index (Phi) is 2.82. The van der Waals surface area contributed by atoms with Gasteiger partial charge in [0.15, 0.2) is 0 Å². The van der Waals surface area contributed by atoms with Crippen molar-refractivity contribution in [1.29, 1.82) is 0 Å². The highest BCUT2D eigenvalue weighted by atomic mass is 127. The van der Waals surface area contributed by atoms with Gasteiger partial charge < -0.3 is 11.5 Å². The smallest absolute Gasteiger partial charge is 0.248 e. The quantitative estimate of drug-likeness (QED) is 0.641. The van der Waals surface area contributed by atoms with Gasteiger partial charge in [-0.1, -0.05) is 0 Å². The Morgan fingerprint density at radius 2 is 2.19 bits per heavy atom. The van der Waals surface area contributed by atoms with E-state index in [-0.39, 0.29) is 0 Å². The molecule has 0 aliphatic rings. The Morgan fingerprint density at radius 1 is 1.44 bits per heavy atom. The van der Waals surface area contributed by atoms with Crippen LogP contribution in [0.5, 0.6) is 0 Å². The third-order valence-electron chi connectivity index (χ3n) is 2.11. The third-order valence-corrected chi connectivity index (χ3v) is 2.67. The zero-order chi connectivity index (χ0) is 11.7. The first kappa shape index (κ1) is 10.9. The lowest BCUT2D eigenvalue weighted by Crippen LogP contribution is -2.12. The third kappa shape index (κ3) is 2.01. The molecule has 2 rings (SSSR count). The first-order valence-electron chi connectivity index (χ1n) is 4.48. The monoisotopic (exact) mass is 328 g/mol. The van der Waals surface area contributed by atoms with Gasteiger partial charge >= 0.3 is 0 Å². The summed E-state index contributed by atoms with van der Waals surface area (Å²) in [4.78, 5) is 10.9. The lowest BCUT2D eigenvalue weighted by Gasteiger charge is -2.06. The summed E-state index contributed by atoms with van der Waals surface area (Å²) in [5, 5.41) is 4.13. The zero-order valence-electron chi connectivity index (χ0n) is 8.22. The standard InChI is InChI=1S/C10H9IN4O/c11-7-4-14-15(5-7)9-2-1-6(10(13)16)3-8(9)12/h1-5H,12H2,(H2,13,16). The summed E-state index contributed by atoms with van der Waals surface area (Å²) in [6, 6.07) is 4.90. The van der Waals surface area contributed by atoms with Gasteiger partial charge in [-0.25, -0.2) is 4.68 Å². The van der Waals surface area contributed by atoms with Crippen LogP contribution in [0.1, 0.15) is 10.4 Å². The van der Waals surface area contributed by atoms with E-state index in [1.165, 1.54) is 0 Å². The summed E-state index contributed by atoms with van der Waals surface area (Å²) < 4.78 is 2.66. The van der Waals surface area contributed by atoms with E-state index in [1.54, 1.807) is 29.1 Å². The molecule has 0 atom stereocenters. The highest BCUT2D eigenvalue weighted by Crippen LogP contribution is 2.19. The van der Waals surface area contributed by atoms with Gasteiger partial charge in [0.05, 0.1) is 21.1 Å². The second-order valence-corrected chi connectivity index (χ2v) is 4.49. The number of hydrogen-bond acceptors (Lipinski definition) is 3. The topological polar surface area (TPSA) is 86.9 Å². The maximum atomic E-state index is 10.9. The second-order valence-electron chi connectivity index (χ2n) is 3.24. The molecular weight excluding hydrogens is 319 g/mol. The number of primary amides is 1. The van der Waals surface area contributed by atoms with Crippen molar-refractivity contribution in [2.75, 3.05) is 5.73 Å². The molecule has 82 valence electrons. The molecule has 6 heteroatoms. The maximum absolute atomic E-state index is 10.9. The number of aromatic nitrogens is 2. The van der Waals surface area contributed by atoms with Crippen LogP contribution in [0, 0.1) is 3.57 Å². The number of carbonyl (C=O) groups is 1. The first-order valence-corrected chi connectivity index (χ1v) is 5.55. The molecule has 5 nitrogen and oxygen atoms in total. The predicted molar refractivity (Wildman–Crippen MR) is 69.2 cm³/mol. The normalized spacial score (nSPS) is 10.3. The van der Waals surface area contributed by atoms with Gasteiger partial charge in [-0.2, -0.15) is 5.10 Å². The number of amides is 1. The van der Waals surface area contributed by atoms with Gasteiger partial charge in [-0.15, -0.1) is 0 Å². The molecule has 0 bridgehead atoms. The van der Waals surface area contributed by atoms with E-state index >= 15 is 0 Å². The molecule has 1 aromatic carbocycles. The number of nitrogens with two attached hydrogens (primary N) is 2. The van der Waals surface area contributed by atoms with Gasteiger partial charge in [0.2, 0.25) is 5.91 Å². The van der Waals surface area contributed by atoms with Crippen LogP contribution in [0.4, 0.5) is 5.69 Å². The van der Waals surface area contributed by atoms with Crippen LogP contribution >= 0.6 is 22.6 Å². The van der Waals surface area contributed by atoms with E-state index < -0.39 is 5.91 Å². The molecule has 0 aliphatic heterocycles. The molecular formula is C10H9IN4O. The van der Waals surface area contributed by atoms with Crippen molar-refractivity contribution in [3.05, 3.63) is 39.7 Å². The molecule has 4 N–H and O–H groups in total. The molecule has 0 radical (unpaired) electrons. The van der Waals surface area contributed by atoms with Gasteiger partial charge in [0.1, 0.15) is 0 Å². The molecule has 0 saturated carbocycles. The Morgan fingerprint density at radius 3 is 2.69 bits per heavy atom. The van der Waals surface area contributed by atoms with Crippen LogP contribution < -0.4 is 11.5 Å². The van der Waals surface area contributed by atoms with E-state index in [0.717, 1.165) is 9.26 Å². The molecule has 1 aromatic heterocycles. The number of rotatable bonds is 2. The Labute approximate surface area is 106 Å². The minimum atomic E-state index is -0.492. The number of nitrogen functional groups attached to an aromatic ring is 1. The van der Waals surface area contributed by atoms with Crippen molar-refractivity contribution in [3.8, 4) is 5.69 Å². The largest absolute Gasteiger partial charge is 0.397 e. The van der Waals surface area contributed by atoms with Gasteiger partial charge in [-0.3, -0.25) is 4.79 Å². The average molecular weight is 328 g/mol. The molecule has 0 aliphatic carbocycles. The fourth-order valence-corrected chi connectivity index (χ4v) is 1.74. The second kappa shape index (κ2) is 4.12. The molecule has 1 amide bonds. The van der Waals surface area contributed by atoms with Gasteiger partial charge in [0.25, 0.3) is 0 Å². The molecule has 0 unspecified atom stereocenters.